The second-order valence-corrected chi connectivity index (χ2v) is 17.6. The summed E-state index contributed by atoms with van der Waals surface area (Å²) in [5.41, 5.74) is 13.6. The van der Waals surface area contributed by atoms with Gasteiger partial charge in [-0.2, -0.15) is 0 Å². The van der Waals surface area contributed by atoms with E-state index in [9.17, 15) is 0 Å². The molecule has 0 aliphatic heterocycles. The van der Waals surface area contributed by atoms with Crippen LogP contribution in [0.4, 0.5) is 17.1 Å². The molecule has 1 aliphatic rings. The van der Waals surface area contributed by atoms with Crippen molar-refractivity contribution in [3.63, 3.8) is 0 Å². The lowest BCUT2D eigenvalue weighted by Crippen LogP contribution is -2.15. The average Bonchev–Trinajstić information content (AvgIpc) is 3.76. The van der Waals surface area contributed by atoms with Gasteiger partial charge in [0, 0.05) is 42.5 Å². The summed E-state index contributed by atoms with van der Waals surface area (Å²) in [6, 6.07) is 74.6. The van der Waals surface area contributed by atoms with Crippen molar-refractivity contribution in [2.24, 2.45) is 0 Å². The molecule has 11 aromatic rings. The standard InChI is InChI=1S/C57H39NS/c1-57(2)51-30-28-43(35-50(51)49-32-39-14-3-4-15-40(39)33-52(49)57)58(42-26-22-36(23-27-42)41-24-29-47-46-19-9-10-21-54(46)59-55(47)34-41)53-31-25-38-13-6-8-18-45(38)56(53)48-20-11-16-37-12-5-7-17-44(37)48/h3-35H,1-2H3. The number of benzene rings is 10. The van der Waals surface area contributed by atoms with Crippen molar-refractivity contribution < 1.29 is 0 Å². The van der Waals surface area contributed by atoms with Crippen LogP contribution in [0.5, 0.6) is 0 Å². The third kappa shape index (κ3) is 5.30. The molecule has 1 aromatic heterocycles. The molecule has 0 unspecified atom stereocenters. The highest BCUT2D eigenvalue weighted by molar-refractivity contribution is 7.25. The van der Waals surface area contributed by atoms with Crippen LogP contribution in [0.25, 0.3) is 85.9 Å². The fraction of sp³-hybridized carbons (Fsp3) is 0.0526. The highest BCUT2D eigenvalue weighted by Gasteiger charge is 2.36. The summed E-state index contributed by atoms with van der Waals surface area (Å²) >= 11 is 1.87. The van der Waals surface area contributed by atoms with Crippen molar-refractivity contribution >= 4 is 80.9 Å². The third-order valence-electron chi connectivity index (χ3n) is 12.8. The first kappa shape index (κ1) is 34.1. The van der Waals surface area contributed by atoms with Crippen molar-refractivity contribution in [2.45, 2.75) is 19.3 Å². The van der Waals surface area contributed by atoms with Gasteiger partial charge in [-0.15, -0.1) is 11.3 Å². The van der Waals surface area contributed by atoms with E-state index >= 15 is 0 Å². The van der Waals surface area contributed by atoms with Gasteiger partial charge in [-0.3, -0.25) is 0 Å². The topological polar surface area (TPSA) is 3.24 Å². The molecule has 0 saturated heterocycles. The van der Waals surface area contributed by atoms with E-state index in [0.717, 1.165) is 17.1 Å². The Labute approximate surface area is 348 Å². The van der Waals surface area contributed by atoms with Gasteiger partial charge < -0.3 is 4.90 Å². The zero-order valence-electron chi connectivity index (χ0n) is 32.9. The fourth-order valence-electron chi connectivity index (χ4n) is 9.87. The van der Waals surface area contributed by atoms with Crippen LogP contribution in [0, 0.1) is 0 Å². The van der Waals surface area contributed by atoms with Gasteiger partial charge in [0.05, 0.1) is 5.69 Å². The van der Waals surface area contributed by atoms with Crippen molar-refractivity contribution in [2.75, 3.05) is 4.90 Å². The number of hydrogen-bond acceptors (Lipinski definition) is 2. The van der Waals surface area contributed by atoms with Crippen LogP contribution in [0.15, 0.2) is 200 Å². The summed E-state index contributed by atoms with van der Waals surface area (Å²) in [7, 11) is 0. The van der Waals surface area contributed by atoms with Crippen LogP contribution in [-0.4, -0.2) is 0 Å². The molecule has 2 heteroatoms. The number of rotatable bonds is 5. The predicted molar refractivity (Wildman–Crippen MR) is 255 cm³/mol. The maximum absolute atomic E-state index is 2.49. The molecule has 1 heterocycles. The van der Waals surface area contributed by atoms with Gasteiger partial charge in [-0.05, 0) is 126 Å². The van der Waals surface area contributed by atoms with Crippen LogP contribution >= 0.6 is 11.3 Å². The van der Waals surface area contributed by atoms with Crippen LogP contribution in [-0.2, 0) is 5.41 Å². The molecule has 59 heavy (non-hydrogen) atoms. The number of fused-ring (bicyclic) bond motifs is 9. The van der Waals surface area contributed by atoms with Crippen LogP contribution < -0.4 is 4.90 Å². The number of hydrogen-bond donors (Lipinski definition) is 0. The molecule has 278 valence electrons. The van der Waals surface area contributed by atoms with Gasteiger partial charge in [0.25, 0.3) is 0 Å². The summed E-state index contributed by atoms with van der Waals surface area (Å²) in [6.45, 7) is 4.75. The van der Waals surface area contributed by atoms with Gasteiger partial charge in [-0.1, -0.05) is 159 Å². The molecule has 12 rings (SSSR count). The zero-order valence-corrected chi connectivity index (χ0v) is 33.7. The molecule has 1 aliphatic carbocycles. The summed E-state index contributed by atoms with van der Waals surface area (Å²) in [4.78, 5) is 2.49. The predicted octanol–water partition coefficient (Wildman–Crippen LogP) is 16.6. The minimum atomic E-state index is -0.119. The average molecular weight is 770 g/mol. The molecule has 0 atom stereocenters. The highest BCUT2D eigenvalue weighted by atomic mass is 32.1. The fourth-order valence-corrected chi connectivity index (χ4v) is 11.0. The molecule has 0 bridgehead atoms. The maximum atomic E-state index is 2.49. The van der Waals surface area contributed by atoms with Crippen molar-refractivity contribution in [3.8, 4) is 33.4 Å². The molecular formula is C57H39NS. The van der Waals surface area contributed by atoms with Gasteiger partial charge in [0.15, 0.2) is 0 Å². The van der Waals surface area contributed by atoms with E-state index < -0.39 is 0 Å². The maximum Gasteiger partial charge on any atom is 0.0546 e. The minimum Gasteiger partial charge on any atom is -0.310 e. The second kappa shape index (κ2) is 13.0. The molecule has 10 aromatic carbocycles. The summed E-state index contributed by atoms with van der Waals surface area (Å²) in [6.07, 6.45) is 0. The molecule has 1 nitrogen and oxygen atoms in total. The highest BCUT2D eigenvalue weighted by Crippen LogP contribution is 2.53. The molecule has 0 radical (unpaired) electrons. The summed E-state index contributed by atoms with van der Waals surface area (Å²) in [5, 5.41) is 10.2. The molecular weight excluding hydrogens is 731 g/mol. The van der Waals surface area contributed by atoms with Gasteiger partial charge in [-0.25, -0.2) is 0 Å². The Balaban J connectivity index is 1.08. The second-order valence-electron chi connectivity index (χ2n) is 16.5. The number of nitrogens with zero attached hydrogens (tertiary/aromatic N) is 1. The van der Waals surface area contributed by atoms with Gasteiger partial charge in [0.2, 0.25) is 0 Å². The zero-order chi connectivity index (χ0) is 39.2. The number of thiophene rings is 1. The van der Waals surface area contributed by atoms with E-state index in [2.05, 4.69) is 219 Å². The quantitative estimate of drug-likeness (QED) is 0.169. The van der Waals surface area contributed by atoms with E-state index in [4.69, 9.17) is 0 Å². The first-order valence-corrected chi connectivity index (χ1v) is 21.3. The third-order valence-corrected chi connectivity index (χ3v) is 14.0. The first-order chi connectivity index (χ1) is 29.0. The molecule has 0 saturated carbocycles. The van der Waals surface area contributed by atoms with Crippen molar-refractivity contribution in [1.29, 1.82) is 0 Å². The molecule has 0 fully saturated rings. The lowest BCUT2D eigenvalue weighted by Gasteiger charge is -2.30. The lowest BCUT2D eigenvalue weighted by atomic mass is 9.82. The van der Waals surface area contributed by atoms with E-state index in [1.54, 1.807) is 0 Å². The molecule has 0 N–H and O–H groups in total. The Hall–Kier alpha value is -7.00. The SMILES string of the molecule is CC1(C)c2ccc(N(c3ccc(-c4ccc5c(c4)sc4ccccc45)cc3)c3ccc4ccccc4c3-c3cccc4ccccc34)cc2-c2cc3ccccc3cc21. The van der Waals surface area contributed by atoms with E-state index in [1.807, 2.05) is 11.3 Å². The van der Waals surface area contributed by atoms with Crippen LogP contribution in [0.1, 0.15) is 25.0 Å². The van der Waals surface area contributed by atoms with Crippen molar-refractivity contribution in [1.82, 2.24) is 0 Å². The molecule has 0 amide bonds. The Kier molecular flexibility index (Phi) is 7.51. The van der Waals surface area contributed by atoms with Gasteiger partial charge >= 0.3 is 0 Å². The van der Waals surface area contributed by atoms with E-state index in [-0.39, 0.29) is 5.41 Å². The lowest BCUT2D eigenvalue weighted by molar-refractivity contribution is 0.661. The largest absolute Gasteiger partial charge is 0.310 e. The minimum absolute atomic E-state index is 0.119. The van der Waals surface area contributed by atoms with Gasteiger partial charge in [0.1, 0.15) is 0 Å². The van der Waals surface area contributed by atoms with Crippen LogP contribution in [0.3, 0.4) is 0 Å². The van der Waals surface area contributed by atoms with E-state index in [1.165, 1.54) is 97.0 Å². The van der Waals surface area contributed by atoms with E-state index in [0.29, 0.717) is 0 Å². The summed E-state index contributed by atoms with van der Waals surface area (Å²) < 4.78 is 2.65. The summed E-state index contributed by atoms with van der Waals surface area (Å²) in [5.74, 6) is 0. The Morgan fingerprint density at radius 2 is 0.983 bits per heavy atom. The Morgan fingerprint density at radius 1 is 0.373 bits per heavy atom. The smallest absolute Gasteiger partial charge is 0.0546 e. The van der Waals surface area contributed by atoms with Crippen molar-refractivity contribution in [3.05, 3.63) is 211 Å². The normalized spacial score (nSPS) is 13.1. The number of anilines is 3. The molecule has 0 spiro atoms. The van der Waals surface area contributed by atoms with Crippen LogP contribution in [0.2, 0.25) is 0 Å². The monoisotopic (exact) mass is 769 g/mol. The first-order valence-electron chi connectivity index (χ1n) is 20.5. The Bertz CT molecular complexity index is 3470. The Morgan fingerprint density at radius 3 is 1.80 bits per heavy atom.